The Morgan fingerprint density at radius 3 is 2.26 bits per heavy atom. The van der Waals surface area contributed by atoms with E-state index in [0.717, 1.165) is 18.4 Å². The standard InChI is InChI=1S/C17H30O5S/c1-5-9-11-21-17(20-8-4,16(18-6-2)19-7-3)22-13-15-10-12-23-14-15/h10,12,14,16H,5-9,11,13H2,1-4H3. The van der Waals surface area contributed by atoms with E-state index in [2.05, 4.69) is 6.92 Å². The Balaban J connectivity index is 2.89. The highest BCUT2D eigenvalue weighted by Crippen LogP contribution is 2.27. The summed E-state index contributed by atoms with van der Waals surface area (Å²) in [4.78, 5) is 0. The first-order chi connectivity index (χ1) is 11.2. The van der Waals surface area contributed by atoms with Gasteiger partial charge in [-0.1, -0.05) is 13.3 Å². The summed E-state index contributed by atoms with van der Waals surface area (Å²) in [6.45, 7) is 10.1. The fraction of sp³-hybridized carbons (Fsp3) is 0.765. The minimum Gasteiger partial charge on any atom is -0.346 e. The molecule has 1 rings (SSSR count). The predicted octanol–water partition coefficient (Wildman–Crippen LogP) is 4.17. The highest BCUT2D eigenvalue weighted by molar-refractivity contribution is 7.07. The van der Waals surface area contributed by atoms with Gasteiger partial charge in [-0.05, 0) is 49.6 Å². The molecule has 0 fully saturated rings. The topological polar surface area (TPSA) is 46.2 Å². The van der Waals surface area contributed by atoms with Crippen LogP contribution in [0.1, 0.15) is 46.1 Å². The van der Waals surface area contributed by atoms with Crippen LogP contribution >= 0.6 is 11.3 Å². The molecule has 23 heavy (non-hydrogen) atoms. The molecule has 1 aromatic rings. The fourth-order valence-corrected chi connectivity index (χ4v) is 2.66. The Morgan fingerprint density at radius 2 is 1.74 bits per heavy atom. The molecule has 1 heterocycles. The molecule has 0 aliphatic heterocycles. The van der Waals surface area contributed by atoms with Crippen molar-refractivity contribution in [2.45, 2.75) is 59.4 Å². The zero-order valence-corrected chi connectivity index (χ0v) is 15.5. The number of thiophene rings is 1. The smallest absolute Gasteiger partial charge is 0.337 e. The van der Waals surface area contributed by atoms with Gasteiger partial charge in [0.2, 0.25) is 6.29 Å². The lowest BCUT2D eigenvalue weighted by atomic mass is 10.3. The van der Waals surface area contributed by atoms with Crippen LogP contribution in [-0.4, -0.2) is 38.7 Å². The van der Waals surface area contributed by atoms with E-state index in [1.165, 1.54) is 0 Å². The second-order valence-electron chi connectivity index (χ2n) is 4.90. The Hall–Kier alpha value is -0.500. The third kappa shape index (κ3) is 6.87. The molecule has 0 saturated heterocycles. The lowest BCUT2D eigenvalue weighted by Gasteiger charge is -2.38. The normalized spacial score (nSPS) is 14.3. The second-order valence-corrected chi connectivity index (χ2v) is 5.68. The van der Waals surface area contributed by atoms with Crippen LogP contribution in [0.4, 0.5) is 0 Å². The quantitative estimate of drug-likeness (QED) is 0.374. The molecule has 5 nitrogen and oxygen atoms in total. The first kappa shape index (κ1) is 20.5. The van der Waals surface area contributed by atoms with Crippen molar-refractivity contribution in [3.8, 4) is 0 Å². The maximum absolute atomic E-state index is 6.04. The molecular weight excluding hydrogens is 316 g/mol. The Labute approximate surface area is 143 Å². The fourth-order valence-electron chi connectivity index (χ4n) is 2.00. The molecule has 0 saturated carbocycles. The number of hydrogen-bond donors (Lipinski definition) is 0. The van der Waals surface area contributed by atoms with Crippen LogP contribution in [0.5, 0.6) is 0 Å². The predicted molar refractivity (Wildman–Crippen MR) is 91.4 cm³/mol. The van der Waals surface area contributed by atoms with Crippen LogP contribution in [0.3, 0.4) is 0 Å². The van der Waals surface area contributed by atoms with Gasteiger partial charge in [-0.25, -0.2) is 0 Å². The monoisotopic (exact) mass is 346 g/mol. The van der Waals surface area contributed by atoms with Gasteiger partial charge in [0.15, 0.2) is 0 Å². The zero-order valence-electron chi connectivity index (χ0n) is 14.7. The molecule has 1 atom stereocenters. The van der Waals surface area contributed by atoms with E-state index in [-0.39, 0.29) is 0 Å². The van der Waals surface area contributed by atoms with Crippen molar-refractivity contribution in [1.82, 2.24) is 0 Å². The molecule has 1 unspecified atom stereocenters. The molecule has 0 spiro atoms. The molecule has 0 bridgehead atoms. The first-order valence-electron chi connectivity index (χ1n) is 8.38. The van der Waals surface area contributed by atoms with Gasteiger partial charge in [0.1, 0.15) is 0 Å². The first-order valence-corrected chi connectivity index (χ1v) is 9.32. The molecule has 6 heteroatoms. The summed E-state index contributed by atoms with van der Waals surface area (Å²) >= 11 is 1.63. The highest BCUT2D eigenvalue weighted by atomic mass is 32.1. The summed E-state index contributed by atoms with van der Waals surface area (Å²) in [7, 11) is 0. The molecular formula is C17H30O5S. The van der Waals surface area contributed by atoms with Crippen LogP contribution < -0.4 is 0 Å². The van der Waals surface area contributed by atoms with E-state index in [4.69, 9.17) is 23.7 Å². The van der Waals surface area contributed by atoms with Crippen LogP contribution in [0.15, 0.2) is 16.8 Å². The van der Waals surface area contributed by atoms with Crippen LogP contribution in [0, 0.1) is 0 Å². The maximum atomic E-state index is 6.04. The molecule has 0 aliphatic rings. The Morgan fingerprint density at radius 1 is 1.00 bits per heavy atom. The zero-order chi connectivity index (χ0) is 17.0. The number of ether oxygens (including phenoxy) is 5. The molecule has 0 aliphatic carbocycles. The summed E-state index contributed by atoms with van der Waals surface area (Å²) in [6.07, 6.45) is 1.22. The van der Waals surface area contributed by atoms with Crippen molar-refractivity contribution in [2.24, 2.45) is 0 Å². The van der Waals surface area contributed by atoms with Gasteiger partial charge < -0.3 is 23.7 Å². The molecule has 0 amide bonds. The van der Waals surface area contributed by atoms with Gasteiger partial charge in [0.25, 0.3) is 0 Å². The molecule has 0 radical (unpaired) electrons. The van der Waals surface area contributed by atoms with Crippen molar-refractivity contribution in [3.63, 3.8) is 0 Å². The average Bonchev–Trinajstić information content (AvgIpc) is 3.06. The van der Waals surface area contributed by atoms with Crippen molar-refractivity contribution in [3.05, 3.63) is 22.4 Å². The average molecular weight is 346 g/mol. The summed E-state index contributed by atoms with van der Waals surface area (Å²) in [5.74, 6) is -1.35. The van der Waals surface area contributed by atoms with Crippen molar-refractivity contribution >= 4 is 11.3 Å². The SMILES string of the molecule is CCCCOC(OCC)(OCc1ccsc1)C(OCC)OCC. The van der Waals surface area contributed by atoms with E-state index >= 15 is 0 Å². The maximum Gasteiger partial charge on any atom is 0.337 e. The van der Waals surface area contributed by atoms with E-state index in [0.29, 0.717) is 33.0 Å². The Bertz CT molecular complexity index is 378. The number of hydrogen-bond acceptors (Lipinski definition) is 6. The third-order valence-corrected chi connectivity index (χ3v) is 3.82. The summed E-state index contributed by atoms with van der Waals surface area (Å²) in [5.41, 5.74) is 1.07. The minimum absolute atomic E-state index is 0.381. The van der Waals surface area contributed by atoms with Gasteiger partial charge in [-0.15, -0.1) is 0 Å². The van der Waals surface area contributed by atoms with Crippen molar-refractivity contribution in [2.75, 3.05) is 26.4 Å². The van der Waals surface area contributed by atoms with E-state index in [1.807, 2.05) is 37.6 Å². The van der Waals surface area contributed by atoms with Crippen molar-refractivity contribution in [1.29, 1.82) is 0 Å². The van der Waals surface area contributed by atoms with Gasteiger partial charge in [0, 0.05) is 19.8 Å². The summed E-state index contributed by atoms with van der Waals surface area (Å²) in [6, 6.07) is 2.02. The summed E-state index contributed by atoms with van der Waals surface area (Å²) in [5, 5.41) is 4.06. The Kier molecular flexibility index (Phi) is 10.7. The van der Waals surface area contributed by atoms with Crippen LogP contribution in [0.25, 0.3) is 0 Å². The summed E-state index contributed by atoms with van der Waals surface area (Å²) < 4.78 is 29.3. The second kappa shape index (κ2) is 11.9. The molecule has 134 valence electrons. The van der Waals surface area contributed by atoms with Crippen LogP contribution in [0.2, 0.25) is 0 Å². The largest absolute Gasteiger partial charge is 0.346 e. The van der Waals surface area contributed by atoms with E-state index in [1.54, 1.807) is 11.3 Å². The lowest BCUT2D eigenvalue weighted by Crippen LogP contribution is -2.52. The molecule has 0 N–H and O–H groups in total. The number of unbranched alkanes of at least 4 members (excludes halogenated alkanes) is 1. The van der Waals surface area contributed by atoms with Gasteiger partial charge in [0.05, 0.1) is 13.2 Å². The van der Waals surface area contributed by atoms with E-state index < -0.39 is 12.3 Å². The lowest BCUT2D eigenvalue weighted by molar-refractivity contribution is -0.458. The van der Waals surface area contributed by atoms with Crippen LogP contribution in [-0.2, 0) is 30.3 Å². The van der Waals surface area contributed by atoms with Crippen molar-refractivity contribution < 1.29 is 23.7 Å². The van der Waals surface area contributed by atoms with Gasteiger partial charge in [-0.3, -0.25) is 0 Å². The third-order valence-electron chi connectivity index (χ3n) is 3.09. The highest BCUT2D eigenvalue weighted by Gasteiger charge is 2.45. The molecule has 0 aromatic carbocycles. The van der Waals surface area contributed by atoms with E-state index in [9.17, 15) is 0 Å². The minimum atomic E-state index is -1.35. The molecule has 1 aromatic heterocycles. The van der Waals surface area contributed by atoms with Gasteiger partial charge in [-0.2, -0.15) is 11.3 Å². The van der Waals surface area contributed by atoms with Gasteiger partial charge >= 0.3 is 5.97 Å². The number of rotatable bonds is 14.